The second kappa shape index (κ2) is 5.21. The Hall–Kier alpha value is -1.35. The Labute approximate surface area is 121 Å². The Morgan fingerprint density at radius 1 is 1.35 bits per heavy atom. The molecular weight excluding hydrogens is 248 g/mol. The van der Waals surface area contributed by atoms with E-state index in [1.165, 1.54) is 18.4 Å². The second-order valence-corrected chi connectivity index (χ2v) is 6.35. The van der Waals surface area contributed by atoms with Gasteiger partial charge in [0.05, 0.1) is 0 Å². The summed E-state index contributed by atoms with van der Waals surface area (Å²) >= 11 is 0. The van der Waals surface area contributed by atoms with Crippen LogP contribution in [-0.2, 0) is 11.2 Å². The lowest BCUT2D eigenvalue weighted by molar-refractivity contribution is -0.128. The molecule has 2 N–H and O–H groups in total. The highest BCUT2D eigenvalue weighted by Crippen LogP contribution is 2.44. The molecule has 3 nitrogen and oxygen atoms in total. The summed E-state index contributed by atoms with van der Waals surface area (Å²) in [5, 5.41) is 0. The van der Waals surface area contributed by atoms with Gasteiger partial charge in [0, 0.05) is 23.7 Å². The summed E-state index contributed by atoms with van der Waals surface area (Å²) in [7, 11) is 0. The van der Waals surface area contributed by atoms with Crippen molar-refractivity contribution >= 4 is 11.6 Å². The zero-order valence-corrected chi connectivity index (χ0v) is 12.3. The average Bonchev–Trinajstić information content (AvgIpc) is 2.95. The van der Waals surface area contributed by atoms with Crippen LogP contribution in [0.4, 0.5) is 5.69 Å². The first kappa shape index (κ1) is 13.6. The molecule has 1 aromatic carbocycles. The van der Waals surface area contributed by atoms with Gasteiger partial charge in [-0.25, -0.2) is 0 Å². The number of amides is 1. The van der Waals surface area contributed by atoms with E-state index in [9.17, 15) is 4.79 Å². The number of carbonyl (C=O) groups is 1. The van der Waals surface area contributed by atoms with Gasteiger partial charge in [-0.05, 0) is 37.3 Å². The third-order valence-corrected chi connectivity index (χ3v) is 5.12. The van der Waals surface area contributed by atoms with Crippen molar-refractivity contribution in [1.29, 1.82) is 0 Å². The van der Waals surface area contributed by atoms with Crippen molar-refractivity contribution in [2.24, 2.45) is 11.1 Å². The third-order valence-electron chi connectivity index (χ3n) is 5.12. The summed E-state index contributed by atoms with van der Waals surface area (Å²) in [6.07, 6.45) is 6.26. The van der Waals surface area contributed by atoms with Crippen LogP contribution in [0, 0.1) is 5.41 Å². The molecule has 1 aliphatic heterocycles. The Bertz CT molecular complexity index is 505. The fourth-order valence-corrected chi connectivity index (χ4v) is 3.88. The van der Waals surface area contributed by atoms with Gasteiger partial charge in [-0.15, -0.1) is 0 Å². The van der Waals surface area contributed by atoms with Crippen LogP contribution in [0.25, 0.3) is 0 Å². The number of carbonyl (C=O) groups excluding carboxylic acids is 1. The molecule has 0 radical (unpaired) electrons. The normalized spacial score (nSPS) is 24.5. The molecule has 108 valence electrons. The molecule has 2 aliphatic rings. The lowest BCUT2D eigenvalue weighted by atomic mass is 9.81. The Balaban J connectivity index is 1.95. The zero-order valence-electron chi connectivity index (χ0n) is 12.3. The van der Waals surface area contributed by atoms with E-state index in [0.29, 0.717) is 12.5 Å². The highest BCUT2D eigenvalue weighted by Gasteiger charge is 2.43. The smallest absolute Gasteiger partial charge is 0.233 e. The summed E-state index contributed by atoms with van der Waals surface area (Å²) in [6, 6.07) is 8.27. The Morgan fingerprint density at radius 2 is 2.05 bits per heavy atom. The van der Waals surface area contributed by atoms with Crippen LogP contribution in [0.2, 0.25) is 0 Å². The maximum atomic E-state index is 13.1. The van der Waals surface area contributed by atoms with E-state index in [2.05, 4.69) is 19.1 Å². The summed E-state index contributed by atoms with van der Waals surface area (Å²) in [6.45, 7) is 2.82. The number of nitrogens with zero attached hydrogens (tertiary/aromatic N) is 1. The van der Waals surface area contributed by atoms with Gasteiger partial charge < -0.3 is 10.6 Å². The van der Waals surface area contributed by atoms with E-state index in [0.717, 1.165) is 31.4 Å². The van der Waals surface area contributed by atoms with E-state index in [1.807, 2.05) is 17.0 Å². The van der Waals surface area contributed by atoms with Crippen molar-refractivity contribution < 1.29 is 4.79 Å². The number of rotatable bonds is 2. The molecule has 3 rings (SSSR count). The van der Waals surface area contributed by atoms with Crippen LogP contribution in [-0.4, -0.2) is 18.5 Å². The summed E-state index contributed by atoms with van der Waals surface area (Å²) in [5.41, 5.74) is 8.33. The topological polar surface area (TPSA) is 46.3 Å². The second-order valence-electron chi connectivity index (χ2n) is 6.35. The van der Waals surface area contributed by atoms with Crippen molar-refractivity contribution in [3.05, 3.63) is 29.8 Å². The van der Waals surface area contributed by atoms with Gasteiger partial charge in [-0.1, -0.05) is 38.0 Å². The molecule has 0 aromatic heterocycles. The summed E-state index contributed by atoms with van der Waals surface area (Å²) in [4.78, 5) is 15.1. The van der Waals surface area contributed by atoms with Crippen molar-refractivity contribution in [3.8, 4) is 0 Å². The molecule has 1 heterocycles. The number of benzene rings is 1. The van der Waals surface area contributed by atoms with Gasteiger partial charge in [0.25, 0.3) is 0 Å². The highest BCUT2D eigenvalue weighted by atomic mass is 16.2. The van der Waals surface area contributed by atoms with E-state index < -0.39 is 0 Å². The predicted molar refractivity (Wildman–Crippen MR) is 81.7 cm³/mol. The van der Waals surface area contributed by atoms with Gasteiger partial charge in [0.2, 0.25) is 5.91 Å². The number of para-hydroxylation sites is 1. The number of fused-ring (bicyclic) bond motifs is 1. The predicted octanol–water partition coefficient (Wildman–Crippen LogP) is 2.87. The van der Waals surface area contributed by atoms with Gasteiger partial charge in [0.1, 0.15) is 0 Å². The molecular formula is C17H24N2O. The fourth-order valence-electron chi connectivity index (χ4n) is 3.88. The maximum absolute atomic E-state index is 13.1. The van der Waals surface area contributed by atoms with Crippen molar-refractivity contribution in [2.75, 3.05) is 11.4 Å². The van der Waals surface area contributed by atoms with Crippen LogP contribution in [0.5, 0.6) is 0 Å². The SMILES string of the molecule is CCC1(C(=O)N2CC(N)Cc3ccccc32)CCCC1. The molecule has 1 atom stereocenters. The Morgan fingerprint density at radius 3 is 2.75 bits per heavy atom. The van der Waals surface area contributed by atoms with Gasteiger partial charge in [0.15, 0.2) is 0 Å². The molecule has 1 saturated carbocycles. The lowest BCUT2D eigenvalue weighted by Crippen LogP contribution is -2.51. The van der Waals surface area contributed by atoms with Crippen molar-refractivity contribution in [1.82, 2.24) is 0 Å². The van der Waals surface area contributed by atoms with Gasteiger partial charge in [-0.2, -0.15) is 0 Å². The first-order valence-electron chi connectivity index (χ1n) is 7.82. The van der Waals surface area contributed by atoms with E-state index in [-0.39, 0.29) is 11.5 Å². The summed E-state index contributed by atoms with van der Waals surface area (Å²) < 4.78 is 0. The summed E-state index contributed by atoms with van der Waals surface area (Å²) in [5.74, 6) is 0.306. The molecule has 1 unspecified atom stereocenters. The van der Waals surface area contributed by atoms with Crippen LogP contribution < -0.4 is 10.6 Å². The molecule has 1 amide bonds. The minimum atomic E-state index is -0.135. The molecule has 3 heteroatoms. The molecule has 1 aromatic rings. The van der Waals surface area contributed by atoms with Gasteiger partial charge >= 0.3 is 0 Å². The molecule has 20 heavy (non-hydrogen) atoms. The number of nitrogens with two attached hydrogens (primary N) is 1. The number of hydrogen-bond donors (Lipinski definition) is 1. The van der Waals surface area contributed by atoms with Crippen LogP contribution in [0.1, 0.15) is 44.6 Å². The number of hydrogen-bond acceptors (Lipinski definition) is 2. The molecule has 1 aliphatic carbocycles. The van der Waals surface area contributed by atoms with Crippen molar-refractivity contribution in [2.45, 2.75) is 51.5 Å². The standard InChI is InChI=1S/C17H24N2O/c1-2-17(9-5-6-10-17)16(20)19-12-14(18)11-13-7-3-4-8-15(13)19/h3-4,7-8,14H,2,5-6,9-12,18H2,1H3. The van der Waals surface area contributed by atoms with Crippen LogP contribution in [0.3, 0.4) is 0 Å². The lowest BCUT2D eigenvalue weighted by Gasteiger charge is -2.39. The minimum Gasteiger partial charge on any atom is -0.326 e. The first-order chi connectivity index (χ1) is 9.66. The number of anilines is 1. The minimum absolute atomic E-state index is 0.0594. The zero-order chi connectivity index (χ0) is 14.2. The van der Waals surface area contributed by atoms with E-state index in [1.54, 1.807) is 0 Å². The molecule has 0 bridgehead atoms. The van der Waals surface area contributed by atoms with E-state index in [4.69, 9.17) is 5.73 Å². The fraction of sp³-hybridized carbons (Fsp3) is 0.588. The van der Waals surface area contributed by atoms with Crippen molar-refractivity contribution in [3.63, 3.8) is 0 Å². The highest BCUT2D eigenvalue weighted by molar-refractivity contribution is 5.99. The van der Waals surface area contributed by atoms with Gasteiger partial charge in [-0.3, -0.25) is 4.79 Å². The molecule has 0 saturated heterocycles. The Kier molecular flexibility index (Phi) is 3.55. The third kappa shape index (κ3) is 2.14. The maximum Gasteiger partial charge on any atom is 0.233 e. The monoisotopic (exact) mass is 272 g/mol. The van der Waals surface area contributed by atoms with Crippen LogP contribution >= 0.6 is 0 Å². The van der Waals surface area contributed by atoms with E-state index >= 15 is 0 Å². The largest absolute Gasteiger partial charge is 0.326 e. The average molecular weight is 272 g/mol. The molecule has 0 spiro atoms. The van der Waals surface area contributed by atoms with Crippen LogP contribution in [0.15, 0.2) is 24.3 Å². The molecule has 1 fully saturated rings. The first-order valence-corrected chi connectivity index (χ1v) is 7.82. The quantitative estimate of drug-likeness (QED) is 0.900.